The molecule has 0 aromatic carbocycles. The first-order chi connectivity index (χ1) is 10.1. The predicted octanol–water partition coefficient (Wildman–Crippen LogP) is -5.90. The van der Waals surface area contributed by atoms with E-state index in [1.807, 2.05) is 0 Å². The van der Waals surface area contributed by atoms with E-state index in [1.165, 1.54) is 12.2 Å². The summed E-state index contributed by atoms with van der Waals surface area (Å²) in [5.41, 5.74) is 10.6. The van der Waals surface area contributed by atoms with Crippen LogP contribution in [0.25, 0.3) is 0 Å². The van der Waals surface area contributed by atoms with E-state index in [9.17, 15) is 0 Å². The number of nitrogens with two attached hydrogens (primary N) is 2. The molecule has 2 aliphatic rings. The summed E-state index contributed by atoms with van der Waals surface area (Å²) in [6.45, 7) is 0. The van der Waals surface area contributed by atoms with E-state index in [4.69, 9.17) is 52.3 Å². The van der Waals surface area contributed by atoms with Gasteiger partial charge in [0, 0.05) is 0 Å². The van der Waals surface area contributed by atoms with Crippen molar-refractivity contribution in [3.8, 4) is 0 Å². The molecule has 0 unspecified atom stereocenters. The molecule has 2 rings (SSSR count). The fourth-order valence-electron chi connectivity index (χ4n) is 2.16. The van der Waals surface area contributed by atoms with Gasteiger partial charge in [-0.05, 0) is 0 Å². The number of aliphatic hydroxyl groups excluding tert-OH is 8. The molecular weight excluding hydrogens is 300 g/mol. The number of hydrogen-bond acceptors (Lipinski definition) is 10. The second kappa shape index (κ2) is 7.75. The molecule has 0 aromatic heterocycles. The maximum Gasteiger partial charge on any atom is 0.111 e. The maximum atomic E-state index is 9.10. The highest BCUT2D eigenvalue weighted by molar-refractivity contribution is 5.09. The molecule has 130 valence electrons. The highest BCUT2D eigenvalue weighted by Crippen LogP contribution is 2.19. The molecule has 22 heavy (non-hydrogen) atoms. The van der Waals surface area contributed by atoms with Gasteiger partial charge in [0.25, 0.3) is 0 Å². The highest BCUT2D eigenvalue weighted by atomic mass is 16.4. The summed E-state index contributed by atoms with van der Waals surface area (Å²) in [7, 11) is 0. The van der Waals surface area contributed by atoms with Crippen molar-refractivity contribution in [1.29, 1.82) is 0 Å². The summed E-state index contributed by atoms with van der Waals surface area (Å²) < 4.78 is 0. The van der Waals surface area contributed by atoms with Gasteiger partial charge in [0.15, 0.2) is 0 Å². The van der Waals surface area contributed by atoms with Crippen LogP contribution in [0.5, 0.6) is 0 Å². The Hall–Kier alpha value is -0.660. The monoisotopic (exact) mass is 324 g/mol. The molecule has 2 aliphatic carbocycles. The van der Waals surface area contributed by atoms with Gasteiger partial charge in [0.2, 0.25) is 0 Å². The third-order valence-electron chi connectivity index (χ3n) is 3.81. The Morgan fingerprint density at radius 1 is 0.500 bits per heavy atom. The molecule has 0 saturated heterocycles. The van der Waals surface area contributed by atoms with Gasteiger partial charge < -0.3 is 52.3 Å². The standard InChI is InChI=1S/C6H13NO5.C6H11NO3/c7-1-2(8)4(10)6(12)5(11)3(1)9;7-3-1-2-4(8)6(10)5(3)9/h1-6,8-12H,7H2;1-6,8-10H,7H2/t1?,2-,3-,4-,5-,6?;3-,4+,5+,6-/m00/s1. The summed E-state index contributed by atoms with van der Waals surface area (Å²) in [6.07, 6.45) is -7.78. The van der Waals surface area contributed by atoms with Crippen LogP contribution < -0.4 is 11.5 Å². The first-order valence-electron chi connectivity index (χ1n) is 6.73. The molecule has 1 saturated carbocycles. The summed E-state index contributed by atoms with van der Waals surface area (Å²) in [6, 6.07) is -1.71. The Labute approximate surface area is 126 Å². The lowest BCUT2D eigenvalue weighted by Crippen LogP contribution is -2.66. The molecule has 0 amide bonds. The Morgan fingerprint density at radius 3 is 1.32 bits per heavy atom. The van der Waals surface area contributed by atoms with Crippen molar-refractivity contribution < 1.29 is 40.9 Å². The molecular formula is C12H24N2O8. The molecule has 0 heterocycles. The number of aliphatic hydroxyl groups is 8. The van der Waals surface area contributed by atoms with Crippen molar-refractivity contribution >= 4 is 0 Å². The van der Waals surface area contributed by atoms with Crippen molar-refractivity contribution in [1.82, 2.24) is 0 Å². The number of rotatable bonds is 0. The minimum atomic E-state index is -1.56. The van der Waals surface area contributed by atoms with Crippen LogP contribution in [0.15, 0.2) is 12.2 Å². The Morgan fingerprint density at radius 2 is 0.909 bits per heavy atom. The smallest absolute Gasteiger partial charge is 0.111 e. The molecule has 10 heteroatoms. The number of hydrogen-bond donors (Lipinski definition) is 10. The van der Waals surface area contributed by atoms with Crippen LogP contribution in [-0.4, -0.2) is 102 Å². The summed E-state index contributed by atoms with van der Waals surface area (Å²) in [5.74, 6) is 0. The van der Waals surface area contributed by atoms with Gasteiger partial charge >= 0.3 is 0 Å². The average Bonchev–Trinajstić information content (AvgIpc) is 2.51. The van der Waals surface area contributed by atoms with Gasteiger partial charge in [-0.15, -0.1) is 0 Å². The van der Waals surface area contributed by atoms with Crippen LogP contribution in [0, 0.1) is 0 Å². The van der Waals surface area contributed by atoms with Crippen LogP contribution in [0.1, 0.15) is 0 Å². The maximum absolute atomic E-state index is 9.10. The zero-order valence-electron chi connectivity index (χ0n) is 11.7. The lowest BCUT2D eigenvalue weighted by molar-refractivity contribution is -0.184. The normalized spacial score (nSPS) is 51.9. The Kier molecular flexibility index (Phi) is 6.83. The summed E-state index contributed by atoms with van der Waals surface area (Å²) in [4.78, 5) is 0. The average molecular weight is 324 g/mol. The van der Waals surface area contributed by atoms with E-state index < -0.39 is 60.9 Å². The van der Waals surface area contributed by atoms with E-state index in [-0.39, 0.29) is 0 Å². The highest BCUT2D eigenvalue weighted by Gasteiger charge is 2.46. The minimum absolute atomic E-state index is 0.571. The van der Waals surface area contributed by atoms with E-state index in [0.29, 0.717) is 0 Å². The Bertz CT molecular complexity index is 310. The van der Waals surface area contributed by atoms with Gasteiger partial charge in [0.1, 0.15) is 48.8 Å². The second-order valence-electron chi connectivity index (χ2n) is 5.46. The van der Waals surface area contributed by atoms with E-state index in [2.05, 4.69) is 0 Å². The zero-order chi connectivity index (χ0) is 17.2. The fraction of sp³-hybridized carbons (Fsp3) is 0.833. The first-order valence-corrected chi connectivity index (χ1v) is 6.73. The topological polar surface area (TPSA) is 214 Å². The first kappa shape index (κ1) is 19.4. The summed E-state index contributed by atoms with van der Waals surface area (Å²) in [5, 5.41) is 72.3. The third kappa shape index (κ3) is 4.00. The fourth-order valence-corrected chi connectivity index (χ4v) is 2.16. The molecule has 10 nitrogen and oxygen atoms in total. The van der Waals surface area contributed by atoms with Crippen molar-refractivity contribution in [3.63, 3.8) is 0 Å². The van der Waals surface area contributed by atoms with E-state index in [0.717, 1.165) is 0 Å². The van der Waals surface area contributed by atoms with Gasteiger partial charge in [0.05, 0.1) is 12.1 Å². The quantitative estimate of drug-likeness (QED) is 0.190. The second-order valence-corrected chi connectivity index (χ2v) is 5.46. The van der Waals surface area contributed by atoms with Crippen molar-refractivity contribution in [2.75, 3.05) is 0 Å². The van der Waals surface area contributed by atoms with Crippen LogP contribution in [0.4, 0.5) is 0 Å². The SMILES string of the molecule is NC1[C@H](O)[C@H](O)C(O)[C@@H](O)[C@H]1O.N[C@H]1C=C[C@@H](O)[C@H](O)[C@@H]1O. The largest absolute Gasteiger partial charge is 0.389 e. The molecule has 0 radical (unpaired) electrons. The van der Waals surface area contributed by atoms with E-state index in [1.54, 1.807) is 0 Å². The zero-order valence-corrected chi connectivity index (χ0v) is 11.7. The van der Waals surface area contributed by atoms with Crippen LogP contribution in [-0.2, 0) is 0 Å². The molecule has 8 atom stereocenters. The van der Waals surface area contributed by atoms with Crippen molar-refractivity contribution in [2.45, 2.75) is 60.9 Å². The molecule has 0 aromatic rings. The minimum Gasteiger partial charge on any atom is -0.389 e. The van der Waals surface area contributed by atoms with E-state index >= 15 is 0 Å². The van der Waals surface area contributed by atoms with Crippen molar-refractivity contribution in [3.05, 3.63) is 12.2 Å². The van der Waals surface area contributed by atoms with Crippen LogP contribution in [0.3, 0.4) is 0 Å². The van der Waals surface area contributed by atoms with Crippen LogP contribution in [0.2, 0.25) is 0 Å². The lowest BCUT2D eigenvalue weighted by atomic mass is 9.84. The molecule has 0 spiro atoms. The van der Waals surface area contributed by atoms with Gasteiger partial charge in [-0.1, -0.05) is 12.2 Å². The molecule has 0 bridgehead atoms. The predicted molar refractivity (Wildman–Crippen MR) is 73.1 cm³/mol. The molecule has 1 fully saturated rings. The molecule has 0 aliphatic heterocycles. The third-order valence-corrected chi connectivity index (χ3v) is 3.81. The molecule has 12 N–H and O–H groups in total. The van der Waals surface area contributed by atoms with Crippen LogP contribution >= 0.6 is 0 Å². The van der Waals surface area contributed by atoms with Gasteiger partial charge in [-0.2, -0.15) is 0 Å². The Balaban J connectivity index is 0.000000224. The van der Waals surface area contributed by atoms with Crippen molar-refractivity contribution in [2.24, 2.45) is 11.5 Å². The van der Waals surface area contributed by atoms with Gasteiger partial charge in [-0.25, -0.2) is 0 Å². The summed E-state index contributed by atoms with van der Waals surface area (Å²) >= 11 is 0. The van der Waals surface area contributed by atoms with Gasteiger partial charge in [-0.3, -0.25) is 0 Å². The lowest BCUT2D eigenvalue weighted by Gasteiger charge is -2.40.